The Morgan fingerprint density at radius 3 is 2.64 bits per heavy atom. The third-order valence-electron chi connectivity index (χ3n) is 4.48. The fraction of sp³-hybridized carbons (Fsp3) is 0.316. The van der Waals surface area contributed by atoms with Gasteiger partial charge in [0, 0.05) is 4.47 Å². The van der Waals surface area contributed by atoms with Crippen LogP contribution in [0.2, 0.25) is 5.02 Å². The molecular formula is C19H17BrClNO3. The van der Waals surface area contributed by atoms with Crippen molar-refractivity contribution in [2.24, 2.45) is 5.92 Å². The van der Waals surface area contributed by atoms with Gasteiger partial charge in [0.25, 0.3) is 5.91 Å². The minimum atomic E-state index is -0.168. The summed E-state index contributed by atoms with van der Waals surface area (Å²) in [6.45, 7) is 1.11. The second-order valence-corrected chi connectivity index (χ2v) is 7.64. The summed E-state index contributed by atoms with van der Waals surface area (Å²) in [5.74, 6) is 1.77. The van der Waals surface area contributed by atoms with Crippen LogP contribution >= 0.6 is 27.5 Å². The summed E-state index contributed by atoms with van der Waals surface area (Å²) in [4.78, 5) is 12.8. The van der Waals surface area contributed by atoms with Crippen molar-refractivity contribution in [1.82, 2.24) is 5.32 Å². The second-order valence-electron chi connectivity index (χ2n) is 6.32. The summed E-state index contributed by atoms with van der Waals surface area (Å²) in [5, 5.41) is 3.59. The van der Waals surface area contributed by atoms with E-state index in [1.54, 1.807) is 12.1 Å². The van der Waals surface area contributed by atoms with Crippen molar-refractivity contribution in [3.05, 3.63) is 57.0 Å². The first-order valence-electron chi connectivity index (χ1n) is 8.27. The van der Waals surface area contributed by atoms with Crippen LogP contribution in [0, 0.1) is 5.92 Å². The standard InChI is InChI=1S/C19H17BrClNO3/c20-13-4-5-15(21)14(10-13)19(23)22-18(11-1-2-11)12-3-6-16-17(9-12)25-8-7-24-16/h3-6,9-11,18H,1-2,7-8H2,(H,22,23)/t18-/m0/s1. The molecule has 6 heteroatoms. The molecular weight excluding hydrogens is 406 g/mol. The second kappa shape index (κ2) is 6.89. The number of carbonyl (C=O) groups is 1. The molecule has 2 aromatic rings. The van der Waals surface area contributed by atoms with E-state index in [-0.39, 0.29) is 11.9 Å². The molecule has 1 aliphatic heterocycles. The molecule has 1 N–H and O–H groups in total. The van der Waals surface area contributed by atoms with Gasteiger partial charge in [-0.1, -0.05) is 33.6 Å². The summed E-state index contributed by atoms with van der Waals surface area (Å²) >= 11 is 9.58. The first-order valence-corrected chi connectivity index (χ1v) is 9.44. The van der Waals surface area contributed by atoms with Gasteiger partial charge in [-0.25, -0.2) is 0 Å². The molecule has 1 amide bonds. The topological polar surface area (TPSA) is 47.6 Å². The fourth-order valence-corrected chi connectivity index (χ4v) is 3.61. The highest BCUT2D eigenvalue weighted by molar-refractivity contribution is 9.10. The van der Waals surface area contributed by atoms with E-state index in [2.05, 4.69) is 21.2 Å². The van der Waals surface area contributed by atoms with Crippen molar-refractivity contribution >= 4 is 33.4 Å². The Bertz CT molecular complexity index is 822. The predicted octanol–water partition coefficient (Wildman–Crippen LogP) is 4.75. The molecule has 0 spiro atoms. The van der Waals surface area contributed by atoms with Crippen LogP contribution in [0.3, 0.4) is 0 Å². The number of hydrogen-bond acceptors (Lipinski definition) is 3. The van der Waals surface area contributed by atoms with E-state index in [4.69, 9.17) is 21.1 Å². The average molecular weight is 423 g/mol. The minimum absolute atomic E-state index is 0.0571. The zero-order valence-electron chi connectivity index (χ0n) is 13.4. The van der Waals surface area contributed by atoms with E-state index < -0.39 is 0 Å². The van der Waals surface area contributed by atoms with Crippen molar-refractivity contribution < 1.29 is 14.3 Å². The highest BCUT2D eigenvalue weighted by Crippen LogP contribution is 2.43. The highest BCUT2D eigenvalue weighted by Gasteiger charge is 2.34. The quantitative estimate of drug-likeness (QED) is 0.773. The van der Waals surface area contributed by atoms with Crippen LogP contribution in [-0.2, 0) is 0 Å². The monoisotopic (exact) mass is 421 g/mol. The summed E-state index contributed by atoms with van der Waals surface area (Å²) in [5.41, 5.74) is 1.51. The molecule has 1 saturated carbocycles. The van der Waals surface area contributed by atoms with Crippen molar-refractivity contribution in [2.45, 2.75) is 18.9 Å². The summed E-state index contributed by atoms with van der Waals surface area (Å²) < 4.78 is 12.1. The zero-order chi connectivity index (χ0) is 17.4. The van der Waals surface area contributed by atoms with Crippen LogP contribution in [0.4, 0.5) is 0 Å². The summed E-state index contributed by atoms with van der Waals surface area (Å²) in [6, 6.07) is 11.1. The fourth-order valence-electron chi connectivity index (χ4n) is 3.05. The minimum Gasteiger partial charge on any atom is -0.486 e. The van der Waals surface area contributed by atoms with Crippen molar-refractivity contribution in [3.8, 4) is 11.5 Å². The van der Waals surface area contributed by atoms with Crippen LogP contribution in [0.25, 0.3) is 0 Å². The van der Waals surface area contributed by atoms with Gasteiger partial charge in [-0.3, -0.25) is 4.79 Å². The Balaban J connectivity index is 1.60. The Kier molecular flexibility index (Phi) is 4.61. The molecule has 0 saturated heterocycles. The molecule has 1 aliphatic carbocycles. The van der Waals surface area contributed by atoms with E-state index in [1.165, 1.54) is 0 Å². The van der Waals surface area contributed by atoms with Crippen LogP contribution in [0.5, 0.6) is 11.5 Å². The molecule has 1 atom stereocenters. The van der Waals surface area contributed by atoms with Gasteiger partial charge in [0.05, 0.1) is 16.6 Å². The molecule has 2 aliphatic rings. The van der Waals surface area contributed by atoms with E-state index in [9.17, 15) is 4.79 Å². The molecule has 0 aromatic heterocycles. The summed E-state index contributed by atoms with van der Waals surface area (Å²) in [7, 11) is 0. The molecule has 4 rings (SSSR count). The smallest absolute Gasteiger partial charge is 0.253 e. The summed E-state index contributed by atoms with van der Waals surface area (Å²) in [6.07, 6.45) is 2.21. The number of ether oxygens (including phenoxy) is 2. The largest absolute Gasteiger partial charge is 0.486 e. The lowest BCUT2D eigenvalue weighted by Gasteiger charge is -2.23. The van der Waals surface area contributed by atoms with Gasteiger partial charge in [0.1, 0.15) is 13.2 Å². The molecule has 0 radical (unpaired) electrons. The van der Waals surface area contributed by atoms with E-state index in [0.717, 1.165) is 34.4 Å². The number of benzene rings is 2. The molecule has 0 bridgehead atoms. The lowest BCUT2D eigenvalue weighted by Crippen LogP contribution is -2.30. The number of nitrogens with one attached hydrogen (secondary N) is 1. The maximum atomic E-state index is 12.8. The Morgan fingerprint density at radius 1 is 1.12 bits per heavy atom. The first kappa shape index (κ1) is 16.7. The number of halogens is 2. The maximum absolute atomic E-state index is 12.8. The van der Waals surface area contributed by atoms with E-state index >= 15 is 0 Å². The van der Waals surface area contributed by atoms with Crippen molar-refractivity contribution in [3.63, 3.8) is 0 Å². The number of amides is 1. The van der Waals surface area contributed by atoms with Crippen molar-refractivity contribution in [2.75, 3.05) is 13.2 Å². The lowest BCUT2D eigenvalue weighted by molar-refractivity contribution is 0.0931. The predicted molar refractivity (Wildman–Crippen MR) is 99.5 cm³/mol. The van der Waals surface area contributed by atoms with Gasteiger partial charge in [-0.05, 0) is 54.7 Å². The van der Waals surface area contributed by atoms with Crippen LogP contribution in [-0.4, -0.2) is 19.1 Å². The van der Waals surface area contributed by atoms with Gasteiger partial charge in [0.2, 0.25) is 0 Å². The third-order valence-corrected chi connectivity index (χ3v) is 5.30. The Morgan fingerprint density at radius 2 is 1.88 bits per heavy atom. The molecule has 25 heavy (non-hydrogen) atoms. The average Bonchev–Trinajstić information content (AvgIpc) is 3.46. The normalized spacial score (nSPS) is 17.0. The SMILES string of the molecule is O=C(N[C@H](c1ccc2c(c1)OCCO2)C1CC1)c1cc(Br)ccc1Cl. The Hall–Kier alpha value is -1.72. The van der Waals surface area contributed by atoms with Gasteiger partial charge in [-0.15, -0.1) is 0 Å². The van der Waals surface area contributed by atoms with Gasteiger partial charge in [-0.2, -0.15) is 0 Å². The lowest BCUT2D eigenvalue weighted by atomic mass is 10.0. The number of fused-ring (bicyclic) bond motifs is 1. The van der Waals surface area contributed by atoms with Gasteiger partial charge in [0.15, 0.2) is 11.5 Å². The van der Waals surface area contributed by atoms with Crippen LogP contribution in [0.1, 0.15) is 34.8 Å². The number of rotatable bonds is 4. The number of carbonyl (C=O) groups excluding carboxylic acids is 1. The first-order chi connectivity index (χ1) is 12.1. The van der Waals surface area contributed by atoms with Crippen molar-refractivity contribution in [1.29, 1.82) is 0 Å². The maximum Gasteiger partial charge on any atom is 0.253 e. The van der Waals surface area contributed by atoms with Gasteiger partial charge < -0.3 is 14.8 Å². The molecule has 130 valence electrons. The zero-order valence-corrected chi connectivity index (χ0v) is 15.8. The molecule has 2 aromatic carbocycles. The molecule has 1 heterocycles. The van der Waals surface area contributed by atoms with Crippen LogP contribution < -0.4 is 14.8 Å². The third kappa shape index (κ3) is 3.62. The molecule has 4 nitrogen and oxygen atoms in total. The molecule has 1 fully saturated rings. The van der Waals surface area contributed by atoms with E-state index in [1.807, 2.05) is 24.3 Å². The Labute approximate surface area is 159 Å². The van der Waals surface area contributed by atoms with Gasteiger partial charge >= 0.3 is 0 Å². The number of hydrogen-bond donors (Lipinski definition) is 1. The molecule has 0 unspecified atom stereocenters. The highest BCUT2D eigenvalue weighted by atomic mass is 79.9. The van der Waals surface area contributed by atoms with Crippen LogP contribution in [0.15, 0.2) is 40.9 Å². The van der Waals surface area contributed by atoms with E-state index in [0.29, 0.717) is 29.7 Å².